The highest BCUT2D eigenvalue weighted by Gasteiger charge is 2.40. The number of rotatable bonds is 7. The maximum Gasteiger partial charge on any atom is 0.0728 e. The fourth-order valence-corrected chi connectivity index (χ4v) is 5.80. The lowest BCUT2D eigenvalue weighted by Crippen LogP contribution is -2.49. The number of halogens is 1. The van der Waals surface area contributed by atoms with Crippen LogP contribution in [0, 0.1) is 0 Å². The molecule has 2 aromatic carbocycles. The van der Waals surface area contributed by atoms with Crippen LogP contribution in [-0.4, -0.2) is 41.3 Å². The van der Waals surface area contributed by atoms with Gasteiger partial charge >= 0.3 is 0 Å². The third-order valence-electron chi connectivity index (χ3n) is 7.36. The van der Waals surface area contributed by atoms with E-state index in [-0.39, 0.29) is 12.0 Å². The summed E-state index contributed by atoms with van der Waals surface area (Å²) in [5.74, 6) is 0.0822. The molecule has 3 N–H and O–H groups in total. The number of hydrogen-bond donors (Lipinski definition) is 2. The largest absolute Gasteiger partial charge is 0.389 e. The summed E-state index contributed by atoms with van der Waals surface area (Å²) in [6.45, 7) is 2.86. The maximum atomic E-state index is 11.7. The van der Waals surface area contributed by atoms with Crippen LogP contribution in [0.15, 0.2) is 48.5 Å². The minimum absolute atomic E-state index is 0.0822. The number of nitrogens with zero attached hydrogens (tertiary/aromatic N) is 1. The third-order valence-corrected chi connectivity index (χ3v) is 7.71. The van der Waals surface area contributed by atoms with Crippen LogP contribution in [0.4, 0.5) is 0 Å². The number of benzene rings is 2. The molecule has 2 atom stereocenters. The van der Waals surface area contributed by atoms with Gasteiger partial charge < -0.3 is 15.7 Å². The van der Waals surface area contributed by atoms with E-state index in [1.807, 2.05) is 0 Å². The summed E-state index contributed by atoms with van der Waals surface area (Å²) in [7, 11) is 0. The summed E-state index contributed by atoms with van der Waals surface area (Å²) in [5, 5.41) is 12.5. The van der Waals surface area contributed by atoms with Crippen LogP contribution in [0.1, 0.15) is 67.6 Å². The number of nitrogens with two attached hydrogens (primary N) is 1. The Balaban J connectivity index is 1.53. The SMILES string of the molecule is N[C@H]1CCCN(CC(c2ccc(CCc3ccccc3)c(Cl)c2)C2(O)CCCCC2)C1. The Hall–Kier alpha value is -1.39. The van der Waals surface area contributed by atoms with E-state index in [1.165, 1.54) is 23.1 Å². The lowest BCUT2D eigenvalue weighted by atomic mass is 9.72. The zero-order valence-electron chi connectivity index (χ0n) is 18.6. The van der Waals surface area contributed by atoms with Gasteiger partial charge in [0.15, 0.2) is 0 Å². The molecule has 1 aliphatic carbocycles. The Morgan fingerprint density at radius 2 is 1.81 bits per heavy atom. The molecular weight excluding hydrogens is 404 g/mol. The quantitative estimate of drug-likeness (QED) is 0.611. The van der Waals surface area contributed by atoms with Crippen LogP contribution in [0.3, 0.4) is 0 Å². The maximum absolute atomic E-state index is 11.7. The predicted octanol–water partition coefficient (Wildman–Crippen LogP) is 5.33. The Kier molecular flexibility index (Phi) is 7.71. The van der Waals surface area contributed by atoms with Crippen molar-refractivity contribution >= 4 is 11.6 Å². The summed E-state index contributed by atoms with van der Waals surface area (Å²) < 4.78 is 0. The first-order valence-corrected chi connectivity index (χ1v) is 12.4. The molecule has 1 saturated carbocycles. The standard InChI is InChI=1S/C27H37ClN2O/c28-26-18-23(14-13-22(26)12-11-21-8-3-1-4-9-21)25(27(31)15-5-2-6-16-27)20-30-17-7-10-24(29)19-30/h1,3-4,8-9,13-14,18,24-25,31H,2,5-7,10-12,15-17,19-20,29H2/t24-,25?/m0/s1. The number of aliphatic hydroxyl groups is 1. The van der Waals surface area contributed by atoms with Crippen molar-refractivity contribution in [3.05, 3.63) is 70.2 Å². The molecule has 1 saturated heterocycles. The molecule has 4 rings (SSSR count). The van der Waals surface area contributed by atoms with Crippen molar-refractivity contribution in [2.24, 2.45) is 5.73 Å². The molecule has 0 aromatic heterocycles. The first-order chi connectivity index (χ1) is 15.0. The van der Waals surface area contributed by atoms with Crippen LogP contribution in [0.2, 0.25) is 5.02 Å². The Bertz CT molecular complexity index is 834. The van der Waals surface area contributed by atoms with E-state index in [4.69, 9.17) is 17.3 Å². The van der Waals surface area contributed by atoms with Gasteiger partial charge in [-0.2, -0.15) is 0 Å². The number of aryl methyl sites for hydroxylation is 2. The van der Waals surface area contributed by atoms with Gasteiger partial charge in [0.2, 0.25) is 0 Å². The van der Waals surface area contributed by atoms with Gasteiger partial charge in [-0.3, -0.25) is 0 Å². The zero-order chi connectivity index (χ0) is 21.7. The third kappa shape index (κ3) is 5.90. The summed E-state index contributed by atoms with van der Waals surface area (Å²) in [6.07, 6.45) is 9.36. The van der Waals surface area contributed by atoms with Gasteiger partial charge in [0.1, 0.15) is 0 Å². The minimum atomic E-state index is -0.644. The van der Waals surface area contributed by atoms with Crippen molar-refractivity contribution in [2.45, 2.75) is 75.3 Å². The van der Waals surface area contributed by atoms with Crippen molar-refractivity contribution in [3.63, 3.8) is 0 Å². The predicted molar refractivity (Wildman–Crippen MR) is 130 cm³/mol. The van der Waals surface area contributed by atoms with E-state index >= 15 is 0 Å². The summed E-state index contributed by atoms with van der Waals surface area (Å²) in [5.41, 5.74) is 9.30. The average molecular weight is 441 g/mol. The van der Waals surface area contributed by atoms with Crippen LogP contribution in [0.25, 0.3) is 0 Å². The van der Waals surface area contributed by atoms with Gasteiger partial charge in [-0.1, -0.05) is 73.3 Å². The molecule has 0 radical (unpaired) electrons. The Morgan fingerprint density at radius 3 is 2.52 bits per heavy atom. The van der Waals surface area contributed by atoms with Gasteiger partial charge in [-0.05, 0) is 67.8 Å². The second kappa shape index (κ2) is 10.5. The van der Waals surface area contributed by atoms with Gasteiger partial charge in [-0.25, -0.2) is 0 Å². The van der Waals surface area contributed by atoms with Gasteiger partial charge in [0, 0.05) is 30.1 Å². The number of hydrogen-bond acceptors (Lipinski definition) is 3. The van der Waals surface area contributed by atoms with Crippen LogP contribution < -0.4 is 5.73 Å². The second-order valence-corrected chi connectivity index (χ2v) is 10.1. The molecule has 3 nitrogen and oxygen atoms in total. The molecule has 2 aliphatic rings. The number of likely N-dealkylation sites (tertiary alicyclic amines) is 1. The van der Waals surface area contributed by atoms with E-state index in [0.29, 0.717) is 0 Å². The van der Waals surface area contributed by atoms with E-state index in [1.54, 1.807) is 0 Å². The van der Waals surface area contributed by atoms with Crippen molar-refractivity contribution in [2.75, 3.05) is 19.6 Å². The molecule has 168 valence electrons. The fourth-order valence-electron chi connectivity index (χ4n) is 5.52. The molecule has 0 amide bonds. The molecule has 2 fully saturated rings. The first kappa shape index (κ1) is 22.8. The van der Waals surface area contributed by atoms with E-state index < -0.39 is 5.60 Å². The van der Waals surface area contributed by atoms with Gasteiger partial charge in [0.05, 0.1) is 5.60 Å². The van der Waals surface area contributed by atoms with Gasteiger partial charge in [-0.15, -0.1) is 0 Å². The van der Waals surface area contributed by atoms with Crippen LogP contribution in [0.5, 0.6) is 0 Å². The molecule has 1 unspecified atom stereocenters. The minimum Gasteiger partial charge on any atom is -0.389 e. The van der Waals surface area contributed by atoms with E-state index in [2.05, 4.69) is 53.4 Å². The Morgan fingerprint density at radius 1 is 1.03 bits per heavy atom. The zero-order valence-corrected chi connectivity index (χ0v) is 19.4. The van der Waals surface area contributed by atoms with E-state index in [9.17, 15) is 5.11 Å². The van der Waals surface area contributed by atoms with Crippen LogP contribution in [-0.2, 0) is 12.8 Å². The van der Waals surface area contributed by atoms with Crippen molar-refractivity contribution in [3.8, 4) is 0 Å². The number of piperidine rings is 1. The lowest BCUT2D eigenvalue weighted by molar-refractivity contribution is -0.0326. The van der Waals surface area contributed by atoms with Crippen molar-refractivity contribution < 1.29 is 5.11 Å². The smallest absolute Gasteiger partial charge is 0.0728 e. The highest BCUT2D eigenvalue weighted by atomic mass is 35.5. The highest BCUT2D eigenvalue weighted by Crippen LogP contribution is 2.41. The molecule has 0 spiro atoms. The van der Waals surface area contributed by atoms with E-state index in [0.717, 1.165) is 76.0 Å². The van der Waals surface area contributed by atoms with Crippen LogP contribution >= 0.6 is 11.6 Å². The molecule has 1 aliphatic heterocycles. The molecule has 0 bridgehead atoms. The molecule has 31 heavy (non-hydrogen) atoms. The summed E-state index contributed by atoms with van der Waals surface area (Å²) >= 11 is 6.77. The molecular formula is C27H37ClN2O. The normalized spacial score (nSPS) is 22.9. The first-order valence-electron chi connectivity index (χ1n) is 12.1. The average Bonchev–Trinajstić information content (AvgIpc) is 2.78. The monoisotopic (exact) mass is 440 g/mol. The second-order valence-electron chi connectivity index (χ2n) is 9.72. The topological polar surface area (TPSA) is 49.5 Å². The molecule has 4 heteroatoms. The van der Waals surface area contributed by atoms with Crippen molar-refractivity contribution in [1.29, 1.82) is 0 Å². The molecule has 2 aromatic rings. The summed E-state index contributed by atoms with van der Waals surface area (Å²) in [6, 6.07) is 17.3. The van der Waals surface area contributed by atoms with Crippen molar-refractivity contribution in [1.82, 2.24) is 4.90 Å². The van der Waals surface area contributed by atoms with Gasteiger partial charge in [0.25, 0.3) is 0 Å². The highest BCUT2D eigenvalue weighted by molar-refractivity contribution is 6.31. The fraction of sp³-hybridized carbons (Fsp3) is 0.556. The lowest BCUT2D eigenvalue weighted by Gasteiger charge is -2.43. The summed E-state index contributed by atoms with van der Waals surface area (Å²) in [4.78, 5) is 2.46. The Labute approximate surface area is 192 Å². The molecule has 1 heterocycles.